The molecule has 8 heteroatoms. The Hall–Kier alpha value is -3.00. The molecule has 27 heavy (non-hydrogen) atoms. The SMILES string of the molecule is COc1ccccc1N1CCN(CCn2c(=O)[nH]c3cocc3c2=O)CC1. The van der Waals surface area contributed by atoms with Gasteiger partial charge in [-0.15, -0.1) is 0 Å². The Labute approximate surface area is 155 Å². The molecule has 0 atom stereocenters. The van der Waals surface area contributed by atoms with E-state index in [1.807, 2.05) is 18.2 Å². The highest BCUT2D eigenvalue weighted by molar-refractivity contribution is 5.75. The van der Waals surface area contributed by atoms with Crippen LogP contribution in [-0.4, -0.2) is 54.3 Å². The van der Waals surface area contributed by atoms with Crippen LogP contribution in [-0.2, 0) is 6.54 Å². The largest absolute Gasteiger partial charge is 0.495 e. The first kappa shape index (κ1) is 17.4. The van der Waals surface area contributed by atoms with Crippen LogP contribution in [0.3, 0.4) is 0 Å². The molecule has 0 amide bonds. The number of benzene rings is 1. The van der Waals surface area contributed by atoms with Crippen molar-refractivity contribution < 1.29 is 9.15 Å². The Morgan fingerprint density at radius 1 is 1.07 bits per heavy atom. The highest BCUT2D eigenvalue weighted by Crippen LogP contribution is 2.28. The summed E-state index contributed by atoms with van der Waals surface area (Å²) in [4.78, 5) is 31.8. The first-order chi connectivity index (χ1) is 13.2. The number of ether oxygens (including phenoxy) is 1. The molecule has 3 aromatic rings. The molecule has 1 aromatic carbocycles. The standard InChI is InChI=1S/C19H22N4O4/c1-26-17-5-3-2-4-16(17)22-9-6-21(7-10-22)8-11-23-18(24)14-12-27-13-15(14)20-19(23)25/h2-5,12-13H,6-11H2,1H3,(H,20,25). The molecule has 1 N–H and O–H groups in total. The number of hydrogen-bond acceptors (Lipinski definition) is 6. The van der Waals surface area contributed by atoms with Gasteiger partial charge in [0.25, 0.3) is 5.56 Å². The summed E-state index contributed by atoms with van der Waals surface area (Å²) in [5.74, 6) is 0.873. The van der Waals surface area contributed by atoms with Crippen molar-refractivity contribution in [1.82, 2.24) is 14.5 Å². The number of fused-ring (bicyclic) bond motifs is 1. The molecular formula is C19H22N4O4. The lowest BCUT2D eigenvalue weighted by atomic mass is 10.2. The van der Waals surface area contributed by atoms with E-state index >= 15 is 0 Å². The van der Waals surface area contributed by atoms with Gasteiger partial charge in [0.05, 0.1) is 18.3 Å². The number of nitrogens with one attached hydrogen (secondary N) is 1. The van der Waals surface area contributed by atoms with Gasteiger partial charge in [0.2, 0.25) is 0 Å². The maximum absolute atomic E-state index is 12.4. The Kier molecular flexibility index (Phi) is 4.72. The van der Waals surface area contributed by atoms with Crippen LogP contribution in [0.25, 0.3) is 10.9 Å². The van der Waals surface area contributed by atoms with Crippen molar-refractivity contribution in [1.29, 1.82) is 0 Å². The zero-order chi connectivity index (χ0) is 18.8. The van der Waals surface area contributed by atoms with Crippen LogP contribution in [0.2, 0.25) is 0 Å². The number of H-pyrrole nitrogens is 1. The first-order valence-electron chi connectivity index (χ1n) is 8.96. The molecule has 3 heterocycles. The van der Waals surface area contributed by atoms with Crippen molar-refractivity contribution in [2.45, 2.75) is 6.54 Å². The Morgan fingerprint density at radius 2 is 1.85 bits per heavy atom. The van der Waals surface area contributed by atoms with Crippen molar-refractivity contribution in [2.75, 3.05) is 44.7 Å². The average Bonchev–Trinajstić information content (AvgIpc) is 3.17. The van der Waals surface area contributed by atoms with Gasteiger partial charge in [0, 0.05) is 39.3 Å². The third-order valence-electron chi connectivity index (χ3n) is 5.06. The Balaban J connectivity index is 1.40. The van der Waals surface area contributed by atoms with E-state index in [9.17, 15) is 9.59 Å². The smallest absolute Gasteiger partial charge is 0.328 e. The van der Waals surface area contributed by atoms with Crippen LogP contribution in [0, 0.1) is 0 Å². The quantitative estimate of drug-likeness (QED) is 0.725. The van der Waals surface area contributed by atoms with E-state index in [0.717, 1.165) is 37.6 Å². The molecule has 1 fully saturated rings. The summed E-state index contributed by atoms with van der Waals surface area (Å²) >= 11 is 0. The number of hydrogen-bond donors (Lipinski definition) is 1. The fraction of sp³-hybridized carbons (Fsp3) is 0.368. The second-order valence-corrected chi connectivity index (χ2v) is 6.59. The Bertz CT molecular complexity index is 1040. The maximum Gasteiger partial charge on any atom is 0.328 e. The zero-order valence-electron chi connectivity index (χ0n) is 15.2. The highest BCUT2D eigenvalue weighted by Gasteiger charge is 2.20. The van der Waals surface area contributed by atoms with Crippen molar-refractivity contribution >= 4 is 16.6 Å². The van der Waals surface area contributed by atoms with Gasteiger partial charge in [-0.3, -0.25) is 14.3 Å². The normalized spacial score (nSPS) is 15.4. The number of furan rings is 1. The number of nitrogens with zero attached hydrogens (tertiary/aromatic N) is 3. The molecule has 1 saturated heterocycles. The monoisotopic (exact) mass is 370 g/mol. The molecular weight excluding hydrogens is 348 g/mol. The number of methoxy groups -OCH3 is 1. The maximum atomic E-state index is 12.4. The predicted molar refractivity (Wildman–Crippen MR) is 103 cm³/mol. The van der Waals surface area contributed by atoms with E-state index in [2.05, 4.69) is 20.9 Å². The molecule has 0 spiro atoms. The second kappa shape index (κ2) is 7.32. The van der Waals surface area contributed by atoms with Gasteiger partial charge in [-0.05, 0) is 12.1 Å². The molecule has 4 rings (SSSR count). The fourth-order valence-electron chi connectivity index (χ4n) is 3.53. The fourth-order valence-corrected chi connectivity index (χ4v) is 3.53. The third-order valence-corrected chi connectivity index (χ3v) is 5.06. The lowest BCUT2D eigenvalue weighted by Crippen LogP contribution is -2.48. The number of rotatable bonds is 5. The van der Waals surface area contributed by atoms with Crippen molar-refractivity contribution in [3.05, 3.63) is 57.6 Å². The summed E-state index contributed by atoms with van der Waals surface area (Å²) in [6.45, 7) is 4.45. The summed E-state index contributed by atoms with van der Waals surface area (Å²) < 4.78 is 11.7. The molecule has 1 aliphatic heterocycles. The van der Waals surface area contributed by atoms with Gasteiger partial charge >= 0.3 is 5.69 Å². The lowest BCUT2D eigenvalue weighted by Gasteiger charge is -2.36. The van der Waals surface area contributed by atoms with Gasteiger partial charge < -0.3 is 19.0 Å². The summed E-state index contributed by atoms with van der Waals surface area (Å²) in [5.41, 5.74) is 0.820. The van der Waals surface area contributed by atoms with Crippen LogP contribution in [0.1, 0.15) is 0 Å². The van der Waals surface area contributed by atoms with Gasteiger partial charge in [-0.2, -0.15) is 0 Å². The minimum atomic E-state index is -0.401. The third kappa shape index (κ3) is 3.35. The number of aromatic amines is 1. The molecule has 2 aromatic heterocycles. The zero-order valence-corrected chi connectivity index (χ0v) is 15.2. The molecule has 0 aliphatic carbocycles. The molecule has 0 radical (unpaired) electrons. The average molecular weight is 370 g/mol. The molecule has 0 unspecified atom stereocenters. The van der Waals surface area contributed by atoms with E-state index < -0.39 is 5.69 Å². The van der Waals surface area contributed by atoms with Gasteiger partial charge in [-0.25, -0.2) is 4.79 Å². The molecule has 142 valence electrons. The molecule has 1 aliphatic rings. The second-order valence-electron chi connectivity index (χ2n) is 6.59. The predicted octanol–water partition coefficient (Wildman–Crippen LogP) is 1.11. The number of aromatic nitrogens is 2. The van der Waals surface area contributed by atoms with Gasteiger partial charge in [0.15, 0.2) is 0 Å². The van der Waals surface area contributed by atoms with E-state index in [1.54, 1.807) is 7.11 Å². The van der Waals surface area contributed by atoms with E-state index in [1.165, 1.54) is 17.1 Å². The lowest BCUT2D eigenvalue weighted by molar-refractivity contribution is 0.245. The molecule has 0 saturated carbocycles. The number of anilines is 1. The highest BCUT2D eigenvalue weighted by atomic mass is 16.5. The summed E-state index contributed by atoms with van der Waals surface area (Å²) in [5, 5.41) is 0.399. The van der Waals surface area contributed by atoms with Crippen LogP contribution in [0.5, 0.6) is 5.75 Å². The van der Waals surface area contributed by atoms with Gasteiger partial charge in [-0.1, -0.05) is 12.1 Å². The minimum Gasteiger partial charge on any atom is -0.495 e. The van der Waals surface area contributed by atoms with Crippen LogP contribution >= 0.6 is 0 Å². The van der Waals surface area contributed by atoms with E-state index in [0.29, 0.717) is 24.0 Å². The molecule has 0 bridgehead atoms. The summed E-state index contributed by atoms with van der Waals surface area (Å²) in [6, 6.07) is 8.00. The van der Waals surface area contributed by atoms with Crippen molar-refractivity contribution in [2.24, 2.45) is 0 Å². The summed E-state index contributed by atoms with van der Waals surface area (Å²) in [7, 11) is 1.68. The van der Waals surface area contributed by atoms with Crippen molar-refractivity contribution in [3.8, 4) is 5.75 Å². The van der Waals surface area contributed by atoms with Crippen LogP contribution in [0.15, 0.2) is 50.8 Å². The minimum absolute atomic E-state index is 0.310. The van der Waals surface area contributed by atoms with Crippen LogP contribution in [0.4, 0.5) is 5.69 Å². The first-order valence-corrected chi connectivity index (χ1v) is 8.96. The molecule has 8 nitrogen and oxygen atoms in total. The summed E-state index contributed by atoms with van der Waals surface area (Å²) in [6.07, 6.45) is 2.75. The number of para-hydroxylation sites is 2. The number of piperazine rings is 1. The van der Waals surface area contributed by atoms with E-state index in [4.69, 9.17) is 9.15 Å². The topological polar surface area (TPSA) is 83.7 Å². The van der Waals surface area contributed by atoms with Crippen LogP contribution < -0.4 is 20.9 Å². The van der Waals surface area contributed by atoms with Crippen molar-refractivity contribution in [3.63, 3.8) is 0 Å². The van der Waals surface area contributed by atoms with Gasteiger partial charge in [0.1, 0.15) is 23.7 Å². The van der Waals surface area contributed by atoms with E-state index in [-0.39, 0.29) is 5.56 Å². The Morgan fingerprint density at radius 3 is 2.63 bits per heavy atom.